The van der Waals surface area contributed by atoms with E-state index in [0.29, 0.717) is 6.42 Å². The van der Waals surface area contributed by atoms with Crippen molar-refractivity contribution in [2.24, 2.45) is 7.05 Å². The van der Waals surface area contributed by atoms with Gasteiger partial charge in [-0.05, 0) is 38.5 Å². The maximum Gasteiger partial charge on any atom is 0.323 e. The van der Waals surface area contributed by atoms with Gasteiger partial charge < -0.3 is 10.4 Å². The molecule has 0 radical (unpaired) electrons. The fourth-order valence-electron chi connectivity index (χ4n) is 1.92. The lowest BCUT2D eigenvalue weighted by molar-refractivity contribution is -0.144. The van der Waals surface area contributed by atoms with E-state index in [2.05, 4.69) is 10.4 Å². The van der Waals surface area contributed by atoms with Gasteiger partial charge in [-0.2, -0.15) is 5.10 Å². The lowest BCUT2D eigenvalue weighted by atomic mass is 9.95. The van der Waals surface area contributed by atoms with Crippen molar-refractivity contribution >= 4 is 17.7 Å². The second-order valence-electron chi connectivity index (χ2n) is 5.22. The Labute approximate surface area is 125 Å². The molecule has 1 heterocycles. The van der Waals surface area contributed by atoms with E-state index in [1.54, 1.807) is 23.4 Å². The first-order valence-corrected chi connectivity index (χ1v) is 8.06. The molecule has 1 aromatic heterocycles. The minimum atomic E-state index is -0.797. The van der Waals surface area contributed by atoms with E-state index in [4.69, 9.17) is 0 Å². The fraction of sp³-hybridized carbons (Fsp3) is 0.714. The van der Waals surface area contributed by atoms with Gasteiger partial charge in [0.15, 0.2) is 0 Å². The Hall–Kier alpha value is -1.01. The lowest BCUT2D eigenvalue weighted by Gasteiger charge is -2.26. The number of thioether (sulfide) groups is 1. The van der Waals surface area contributed by atoms with Gasteiger partial charge in [-0.25, -0.2) is 0 Å². The molecular weight excluding hydrogens is 274 g/mol. The number of nitrogens with zero attached hydrogens (tertiary/aromatic N) is 2. The smallest absolute Gasteiger partial charge is 0.323 e. The number of rotatable bonds is 10. The van der Waals surface area contributed by atoms with Crippen molar-refractivity contribution in [2.75, 3.05) is 12.3 Å². The zero-order valence-electron chi connectivity index (χ0n) is 12.6. The van der Waals surface area contributed by atoms with Gasteiger partial charge in [0.05, 0.1) is 6.20 Å². The number of aromatic nitrogens is 2. The van der Waals surface area contributed by atoms with Crippen molar-refractivity contribution in [3.05, 3.63) is 12.4 Å². The van der Waals surface area contributed by atoms with Crippen LogP contribution in [0.15, 0.2) is 17.3 Å². The van der Waals surface area contributed by atoms with Crippen LogP contribution in [0.1, 0.15) is 39.5 Å². The molecule has 0 aliphatic rings. The van der Waals surface area contributed by atoms with E-state index < -0.39 is 11.5 Å². The Morgan fingerprint density at radius 1 is 1.55 bits per heavy atom. The Morgan fingerprint density at radius 3 is 2.85 bits per heavy atom. The van der Waals surface area contributed by atoms with Gasteiger partial charge in [0.1, 0.15) is 5.54 Å². The van der Waals surface area contributed by atoms with Gasteiger partial charge in [-0.15, -0.1) is 11.8 Å². The van der Waals surface area contributed by atoms with Crippen LogP contribution in [0.25, 0.3) is 0 Å². The van der Waals surface area contributed by atoms with Gasteiger partial charge in [0.2, 0.25) is 0 Å². The molecule has 0 spiro atoms. The Balaban J connectivity index is 2.25. The van der Waals surface area contributed by atoms with Crippen LogP contribution in [0.3, 0.4) is 0 Å². The minimum Gasteiger partial charge on any atom is -0.480 e. The van der Waals surface area contributed by atoms with Crippen molar-refractivity contribution in [3.63, 3.8) is 0 Å². The highest BCUT2D eigenvalue weighted by Gasteiger charge is 2.31. The van der Waals surface area contributed by atoms with E-state index in [0.717, 1.165) is 36.5 Å². The largest absolute Gasteiger partial charge is 0.480 e. The summed E-state index contributed by atoms with van der Waals surface area (Å²) in [5.74, 6) is 0.237. The fourth-order valence-corrected chi connectivity index (χ4v) is 2.85. The standard InChI is InChI=1S/C14H25N3O2S/c1-4-8-15-14(2,13(18)19)7-5-6-9-20-12-10-16-17(3)11-12/h10-11,15H,4-9H2,1-3H3,(H,18,19). The maximum absolute atomic E-state index is 11.3. The second-order valence-corrected chi connectivity index (χ2v) is 6.39. The molecule has 20 heavy (non-hydrogen) atoms. The first kappa shape index (κ1) is 17.0. The Morgan fingerprint density at radius 2 is 2.30 bits per heavy atom. The molecule has 1 aromatic rings. The van der Waals surface area contributed by atoms with E-state index in [9.17, 15) is 9.90 Å². The number of unbranched alkanes of at least 4 members (excludes halogenated alkanes) is 1. The highest BCUT2D eigenvalue weighted by atomic mass is 32.2. The zero-order valence-corrected chi connectivity index (χ0v) is 13.4. The normalized spacial score (nSPS) is 14.2. The van der Waals surface area contributed by atoms with Gasteiger partial charge in [-0.3, -0.25) is 9.48 Å². The molecule has 5 nitrogen and oxygen atoms in total. The van der Waals surface area contributed by atoms with Crippen LogP contribution < -0.4 is 5.32 Å². The summed E-state index contributed by atoms with van der Waals surface area (Å²) in [6.45, 7) is 4.56. The number of aliphatic carboxylic acids is 1. The lowest BCUT2D eigenvalue weighted by Crippen LogP contribution is -2.49. The van der Waals surface area contributed by atoms with Crippen molar-refractivity contribution in [2.45, 2.75) is 50.0 Å². The number of nitrogens with one attached hydrogen (secondary N) is 1. The molecule has 0 saturated carbocycles. The van der Waals surface area contributed by atoms with Crippen LogP contribution in [-0.4, -0.2) is 38.7 Å². The molecule has 0 bridgehead atoms. The third-order valence-electron chi connectivity index (χ3n) is 3.26. The summed E-state index contributed by atoms with van der Waals surface area (Å²) in [7, 11) is 1.90. The molecule has 0 fully saturated rings. The van der Waals surface area contributed by atoms with Gasteiger partial charge in [0, 0.05) is 18.1 Å². The first-order valence-electron chi connectivity index (χ1n) is 7.08. The zero-order chi connectivity index (χ0) is 15.0. The average molecular weight is 299 g/mol. The van der Waals surface area contributed by atoms with Crippen molar-refractivity contribution in [3.8, 4) is 0 Å². The highest BCUT2D eigenvalue weighted by molar-refractivity contribution is 7.99. The average Bonchev–Trinajstić information content (AvgIpc) is 2.81. The third kappa shape index (κ3) is 5.54. The van der Waals surface area contributed by atoms with Crippen LogP contribution in [-0.2, 0) is 11.8 Å². The molecule has 114 valence electrons. The molecule has 1 unspecified atom stereocenters. The van der Waals surface area contributed by atoms with Gasteiger partial charge in [0.25, 0.3) is 0 Å². The summed E-state index contributed by atoms with van der Waals surface area (Å²) in [6, 6.07) is 0. The van der Waals surface area contributed by atoms with E-state index in [1.165, 1.54) is 0 Å². The molecular formula is C14H25N3O2S. The van der Waals surface area contributed by atoms with E-state index in [-0.39, 0.29) is 0 Å². The molecule has 2 N–H and O–H groups in total. The molecule has 0 aromatic carbocycles. The van der Waals surface area contributed by atoms with E-state index >= 15 is 0 Å². The molecule has 0 aliphatic heterocycles. The number of carboxylic acid groups (broad SMARTS) is 1. The summed E-state index contributed by atoms with van der Waals surface area (Å²) in [6.07, 6.45) is 7.38. The molecule has 1 rings (SSSR count). The third-order valence-corrected chi connectivity index (χ3v) is 4.30. The molecule has 1 atom stereocenters. The predicted octanol–water partition coefficient (Wildman–Crippen LogP) is 2.53. The summed E-state index contributed by atoms with van der Waals surface area (Å²) in [4.78, 5) is 12.5. The van der Waals surface area contributed by atoms with Gasteiger partial charge >= 0.3 is 5.97 Å². The Bertz CT molecular complexity index is 422. The van der Waals surface area contributed by atoms with Crippen molar-refractivity contribution in [1.29, 1.82) is 0 Å². The van der Waals surface area contributed by atoms with Crippen LogP contribution in [0.5, 0.6) is 0 Å². The van der Waals surface area contributed by atoms with Crippen LogP contribution in [0, 0.1) is 0 Å². The SMILES string of the molecule is CCCNC(C)(CCCCSc1cnn(C)c1)C(=O)O. The maximum atomic E-state index is 11.3. The number of carbonyl (C=O) groups is 1. The number of aryl methyl sites for hydroxylation is 1. The van der Waals surface area contributed by atoms with Gasteiger partial charge in [-0.1, -0.05) is 13.3 Å². The summed E-state index contributed by atoms with van der Waals surface area (Å²) in [5.41, 5.74) is -0.797. The predicted molar refractivity (Wildman–Crippen MR) is 82.1 cm³/mol. The van der Waals surface area contributed by atoms with Crippen LogP contribution in [0.4, 0.5) is 0 Å². The van der Waals surface area contributed by atoms with Crippen molar-refractivity contribution in [1.82, 2.24) is 15.1 Å². The van der Waals surface area contributed by atoms with Crippen molar-refractivity contribution < 1.29 is 9.90 Å². The number of hydrogen-bond acceptors (Lipinski definition) is 4. The quantitative estimate of drug-likeness (QED) is 0.513. The molecule has 0 saturated heterocycles. The first-order chi connectivity index (χ1) is 9.48. The Kier molecular flexibility index (Phi) is 7.09. The molecule has 0 amide bonds. The second kappa shape index (κ2) is 8.32. The summed E-state index contributed by atoms with van der Waals surface area (Å²) >= 11 is 1.77. The van der Waals surface area contributed by atoms with E-state index in [1.807, 2.05) is 26.4 Å². The van der Waals surface area contributed by atoms with Crippen LogP contribution in [0.2, 0.25) is 0 Å². The monoisotopic (exact) mass is 299 g/mol. The summed E-state index contributed by atoms with van der Waals surface area (Å²) < 4.78 is 1.79. The summed E-state index contributed by atoms with van der Waals surface area (Å²) in [5, 5.41) is 16.6. The molecule has 0 aliphatic carbocycles. The number of hydrogen-bond donors (Lipinski definition) is 2. The highest BCUT2D eigenvalue weighted by Crippen LogP contribution is 2.20. The number of carboxylic acids is 1. The van der Waals surface area contributed by atoms with Crippen LogP contribution >= 0.6 is 11.8 Å². The molecule has 6 heteroatoms. The topological polar surface area (TPSA) is 67.2 Å². The minimum absolute atomic E-state index is 0.663.